The number of nitriles is 1. The van der Waals surface area contributed by atoms with Gasteiger partial charge in [-0.1, -0.05) is 0 Å². The standard InChI is InChI=1S/C23H21FN4O3/c1-14(2)31-20-9-4-15(10-25)22(30-3)21(20)23(29)27-11-16-12-28(26-19(16)13-27)18-7-5-17(24)6-8-18/h4-9,12,14H,11,13H2,1-3H3. The molecule has 0 aliphatic carbocycles. The highest BCUT2D eigenvalue weighted by atomic mass is 19.1. The van der Waals surface area contributed by atoms with Gasteiger partial charge in [0.1, 0.15) is 23.2 Å². The molecule has 2 heterocycles. The molecule has 7 nitrogen and oxygen atoms in total. The van der Waals surface area contributed by atoms with Crippen LogP contribution >= 0.6 is 0 Å². The summed E-state index contributed by atoms with van der Waals surface area (Å²) in [6.45, 7) is 4.39. The van der Waals surface area contributed by atoms with Crippen molar-refractivity contribution in [3.8, 4) is 23.3 Å². The number of methoxy groups -OCH3 is 1. The number of aromatic nitrogens is 2. The van der Waals surface area contributed by atoms with Crippen molar-refractivity contribution in [1.82, 2.24) is 14.7 Å². The molecule has 1 aliphatic rings. The van der Waals surface area contributed by atoms with Gasteiger partial charge in [0, 0.05) is 18.3 Å². The van der Waals surface area contributed by atoms with E-state index in [-0.39, 0.29) is 34.7 Å². The molecule has 0 N–H and O–H groups in total. The van der Waals surface area contributed by atoms with Crippen LogP contribution in [0, 0.1) is 17.1 Å². The number of fused-ring (bicyclic) bond motifs is 1. The fourth-order valence-corrected chi connectivity index (χ4v) is 3.60. The summed E-state index contributed by atoms with van der Waals surface area (Å²) in [5, 5.41) is 14.0. The maximum absolute atomic E-state index is 13.4. The molecule has 158 valence electrons. The summed E-state index contributed by atoms with van der Waals surface area (Å²) in [5.41, 5.74) is 2.90. The van der Waals surface area contributed by atoms with E-state index in [1.165, 1.54) is 19.2 Å². The van der Waals surface area contributed by atoms with E-state index in [2.05, 4.69) is 11.2 Å². The Hall–Kier alpha value is -3.86. The van der Waals surface area contributed by atoms with Gasteiger partial charge < -0.3 is 14.4 Å². The lowest BCUT2D eigenvalue weighted by molar-refractivity contribution is 0.0739. The van der Waals surface area contributed by atoms with Crippen molar-refractivity contribution in [2.45, 2.75) is 33.0 Å². The SMILES string of the molecule is COc1c(C#N)ccc(OC(C)C)c1C(=O)N1Cc2cn(-c3ccc(F)cc3)nc2C1. The van der Waals surface area contributed by atoms with Crippen molar-refractivity contribution >= 4 is 5.91 Å². The first-order valence-corrected chi connectivity index (χ1v) is 9.81. The third-order valence-corrected chi connectivity index (χ3v) is 4.98. The first kappa shape index (κ1) is 20.4. The Balaban J connectivity index is 1.63. The first-order chi connectivity index (χ1) is 14.9. The predicted octanol–water partition coefficient (Wildman–Crippen LogP) is 3.83. The Morgan fingerprint density at radius 1 is 1.19 bits per heavy atom. The smallest absolute Gasteiger partial charge is 0.262 e. The van der Waals surface area contributed by atoms with Crippen LogP contribution in [0.2, 0.25) is 0 Å². The predicted molar refractivity (Wildman–Crippen MR) is 111 cm³/mol. The molecule has 3 aromatic rings. The molecule has 0 spiro atoms. The highest BCUT2D eigenvalue weighted by molar-refractivity contribution is 6.00. The monoisotopic (exact) mass is 420 g/mol. The van der Waals surface area contributed by atoms with E-state index in [1.807, 2.05) is 20.0 Å². The Morgan fingerprint density at radius 3 is 2.55 bits per heavy atom. The molecule has 2 aromatic carbocycles. The number of nitrogens with zero attached hydrogens (tertiary/aromatic N) is 4. The van der Waals surface area contributed by atoms with Crippen molar-refractivity contribution in [2.24, 2.45) is 0 Å². The molecule has 0 saturated carbocycles. The lowest BCUT2D eigenvalue weighted by Gasteiger charge is -2.21. The lowest BCUT2D eigenvalue weighted by atomic mass is 10.1. The summed E-state index contributed by atoms with van der Waals surface area (Å²) in [6.07, 6.45) is 1.68. The van der Waals surface area contributed by atoms with Gasteiger partial charge in [0.15, 0.2) is 5.75 Å². The van der Waals surface area contributed by atoms with Crippen LogP contribution in [0.5, 0.6) is 11.5 Å². The number of benzene rings is 2. The summed E-state index contributed by atoms with van der Waals surface area (Å²) in [5.74, 6) is -0.0348. The van der Waals surface area contributed by atoms with Crippen LogP contribution in [-0.4, -0.2) is 33.8 Å². The zero-order chi connectivity index (χ0) is 22.1. The second kappa shape index (κ2) is 8.11. The van der Waals surface area contributed by atoms with Gasteiger partial charge in [0.05, 0.1) is 36.7 Å². The molecule has 1 amide bonds. The maximum atomic E-state index is 13.4. The van der Waals surface area contributed by atoms with Gasteiger partial charge in [-0.2, -0.15) is 10.4 Å². The van der Waals surface area contributed by atoms with E-state index in [1.54, 1.807) is 33.8 Å². The van der Waals surface area contributed by atoms with Crippen molar-refractivity contribution in [1.29, 1.82) is 5.26 Å². The first-order valence-electron chi connectivity index (χ1n) is 9.81. The van der Waals surface area contributed by atoms with E-state index in [0.717, 1.165) is 16.9 Å². The summed E-state index contributed by atoms with van der Waals surface area (Å²) in [4.78, 5) is 15.1. The average Bonchev–Trinajstić information content (AvgIpc) is 3.32. The number of ether oxygens (including phenoxy) is 2. The van der Waals surface area contributed by atoms with Crippen molar-refractivity contribution in [2.75, 3.05) is 7.11 Å². The Kier molecular flexibility index (Phi) is 5.34. The minimum Gasteiger partial charge on any atom is -0.494 e. The van der Waals surface area contributed by atoms with Gasteiger partial charge in [0.25, 0.3) is 5.91 Å². The molecule has 1 aliphatic heterocycles. The quantitative estimate of drug-likeness (QED) is 0.627. The Labute approximate surface area is 179 Å². The van der Waals surface area contributed by atoms with E-state index < -0.39 is 0 Å². The molecule has 4 rings (SSSR count). The number of carbonyl (C=O) groups is 1. The largest absolute Gasteiger partial charge is 0.494 e. The van der Waals surface area contributed by atoms with Crippen LogP contribution in [0.4, 0.5) is 4.39 Å². The van der Waals surface area contributed by atoms with Crippen LogP contribution < -0.4 is 9.47 Å². The zero-order valence-electron chi connectivity index (χ0n) is 17.4. The lowest BCUT2D eigenvalue weighted by Crippen LogP contribution is -2.27. The molecule has 0 atom stereocenters. The van der Waals surface area contributed by atoms with E-state index in [4.69, 9.17) is 9.47 Å². The molecule has 31 heavy (non-hydrogen) atoms. The van der Waals surface area contributed by atoms with Crippen LogP contribution in [-0.2, 0) is 13.1 Å². The van der Waals surface area contributed by atoms with Gasteiger partial charge >= 0.3 is 0 Å². The molecule has 1 aromatic heterocycles. The van der Waals surface area contributed by atoms with Gasteiger partial charge in [-0.25, -0.2) is 9.07 Å². The molecule has 0 saturated heterocycles. The van der Waals surface area contributed by atoms with Crippen molar-refractivity contribution < 1.29 is 18.7 Å². The topological polar surface area (TPSA) is 80.4 Å². The number of carbonyl (C=O) groups excluding carboxylic acids is 1. The number of hydrogen-bond acceptors (Lipinski definition) is 5. The second-order valence-corrected chi connectivity index (χ2v) is 7.48. The molecular weight excluding hydrogens is 399 g/mol. The third kappa shape index (κ3) is 3.82. The summed E-state index contributed by atoms with van der Waals surface area (Å²) >= 11 is 0. The van der Waals surface area contributed by atoms with Crippen LogP contribution in [0.25, 0.3) is 5.69 Å². The number of amides is 1. The summed E-state index contributed by atoms with van der Waals surface area (Å²) < 4.78 is 26.1. The molecular formula is C23H21FN4O3. The summed E-state index contributed by atoms with van der Waals surface area (Å²) in [7, 11) is 1.43. The van der Waals surface area contributed by atoms with Crippen LogP contribution in [0.1, 0.15) is 41.0 Å². The summed E-state index contributed by atoms with van der Waals surface area (Å²) in [6, 6.07) is 11.3. The minimum absolute atomic E-state index is 0.154. The van der Waals surface area contributed by atoms with Gasteiger partial charge in [0.2, 0.25) is 0 Å². The maximum Gasteiger partial charge on any atom is 0.262 e. The Bertz CT molecular complexity index is 1160. The van der Waals surface area contributed by atoms with E-state index >= 15 is 0 Å². The molecule has 0 bridgehead atoms. The molecule has 0 fully saturated rings. The highest BCUT2D eigenvalue weighted by Crippen LogP contribution is 2.36. The molecule has 0 unspecified atom stereocenters. The molecule has 8 heteroatoms. The Morgan fingerprint density at radius 2 is 1.94 bits per heavy atom. The number of halogens is 1. The van der Waals surface area contributed by atoms with Gasteiger partial charge in [-0.05, 0) is 50.2 Å². The minimum atomic E-state index is -0.312. The normalized spacial score (nSPS) is 12.6. The van der Waals surface area contributed by atoms with Crippen LogP contribution in [0.15, 0.2) is 42.6 Å². The van der Waals surface area contributed by atoms with Crippen molar-refractivity contribution in [3.63, 3.8) is 0 Å². The average molecular weight is 420 g/mol. The van der Waals surface area contributed by atoms with E-state index in [9.17, 15) is 14.4 Å². The second-order valence-electron chi connectivity index (χ2n) is 7.48. The van der Waals surface area contributed by atoms with Gasteiger partial charge in [-0.3, -0.25) is 4.79 Å². The zero-order valence-corrected chi connectivity index (χ0v) is 17.4. The highest BCUT2D eigenvalue weighted by Gasteiger charge is 2.32. The molecule has 0 radical (unpaired) electrons. The number of hydrogen-bond donors (Lipinski definition) is 0. The van der Waals surface area contributed by atoms with E-state index in [0.29, 0.717) is 18.8 Å². The fourth-order valence-electron chi connectivity index (χ4n) is 3.60. The number of rotatable bonds is 5. The fraction of sp³-hybridized carbons (Fsp3) is 0.261. The van der Waals surface area contributed by atoms with Crippen molar-refractivity contribution in [3.05, 3.63) is 70.8 Å². The van der Waals surface area contributed by atoms with Gasteiger partial charge in [-0.15, -0.1) is 0 Å². The van der Waals surface area contributed by atoms with Crippen LogP contribution in [0.3, 0.4) is 0 Å². The third-order valence-electron chi connectivity index (χ3n) is 4.98.